The van der Waals surface area contributed by atoms with Gasteiger partial charge in [-0.3, -0.25) is 19.5 Å². The SMILES string of the molecule is Nc1ccc(-c2ccc(CC(=O)c3ccc(OC(F)(F)F)c(NC(=O)CN4CCOCC4)c3)cn2)cc1. The van der Waals surface area contributed by atoms with Crippen molar-refractivity contribution in [1.82, 2.24) is 9.88 Å². The van der Waals surface area contributed by atoms with Crippen LogP contribution in [0.2, 0.25) is 0 Å². The number of benzene rings is 2. The van der Waals surface area contributed by atoms with Gasteiger partial charge in [-0.1, -0.05) is 18.2 Å². The summed E-state index contributed by atoms with van der Waals surface area (Å²) in [5.74, 6) is -1.49. The molecule has 1 aliphatic rings. The van der Waals surface area contributed by atoms with Crippen molar-refractivity contribution in [3.05, 3.63) is 71.9 Å². The van der Waals surface area contributed by atoms with Crippen molar-refractivity contribution in [3.63, 3.8) is 0 Å². The van der Waals surface area contributed by atoms with Crippen molar-refractivity contribution in [2.24, 2.45) is 0 Å². The van der Waals surface area contributed by atoms with E-state index in [-0.39, 0.29) is 30.0 Å². The van der Waals surface area contributed by atoms with Crippen LogP contribution < -0.4 is 15.8 Å². The molecular weight excluding hydrogens is 489 g/mol. The summed E-state index contributed by atoms with van der Waals surface area (Å²) >= 11 is 0. The fourth-order valence-electron chi connectivity index (χ4n) is 3.81. The molecule has 37 heavy (non-hydrogen) atoms. The number of aromatic nitrogens is 1. The lowest BCUT2D eigenvalue weighted by Crippen LogP contribution is -2.41. The van der Waals surface area contributed by atoms with Crippen molar-refractivity contribution in [3.8, 4) is 17.0 Å². The van der Waals surface area contributed by atoms with Gasteiger partial charge in [0.1, 0.15) is 0 Å². The number of ether oxygens (including phenoxy) is 2. The molecule has 0 radical (unpaired) electrons. The number of alkyl halides is 3. The Morgan fingerprint density at radius 1 is 1.05 bits per heavy atom. The van der Waals surface area contributed by atoms with Crippen LogP contribution in [-0.2, 0) is 16.0 Å². The molecule has 11 heteroatoms. The number of hydrogen-bond acceptors (Lipinski definition) is 7. The van der Waals surface area contributed by atoms with Gasteiger partial charge in [0.15, 0.2) is 11.5 Å². The molecular formula is C26H25F3N4O4. The molecule has 194 valence electrons. The van der Waals surface area contributed by atoms with Gasteiger partial charge in [-0.05, 0) is 42.0 Å². The zero-order chi connectivity index (χ0) is 26.4. The number of carbonyl (C=O) groups excluding carboxylic acids is 2. The van der Waals surface area contributed by atoms with E-state index in [4.69, 9.17) is 10.5 Å². The van der Waals surface area contributed by atoms with Crippen molar-refractivity contribution >= 4 is 23.1 Å². The maximum atomic E-state index is 12.9. The minimum atomic E-state index is -4.97. The average molecular weight is 515 g/mol. The molecule has 0 bridgehead atoms. The normalized spacial score (nSPS) is 14.2. The monoisotopic (exact) mass is 514 g/mol. The number of amides is 1. The average Bonchev–Trinajstić information content (AvgIpc) is 2.86. The fourth-order valence-corrected chi connectivity index (χ4v) is 3.81. The number of morpholine rings is 1. The zero-order valence-electron chi connectivity index (χ0n) is 19.8. The second kappa shape index (κ2) is 11.4. The van der Waals surface area contributed by atoms with E-state index >= 15 is 0 Å². The Kier molecular flexibility index (Phi) is 8.04. The molecule has 0 saturated carbocycles. The van der Waals surface area contributed by atoms with Gasteiger partial charge in [0.2, 0.25) is 5.91 Å². The highest BCUT2D eigenvalue weighted by atomic mass is 19.4. The Morgan fingerprint density at radius 2 is 1.78 bits per heavy atom. The van der Waals surface area contributed by atoms with Crippen LogP contribution in [0.4, 0.5) is 24.5 Å². The summed E-state index contributed by atoms with van der Waals surface area (Å²) < 4.78 is 48.0. The predicted molar refractivity (Wildman–Crippen MR) is 131 cm³/mol. The lowest BCUT2D eigenvalue weighted by Gasteiger charge is -2.26. The summed E-state index contributed by atoms with van der Waals surface area (Å²) in [6.45, 7) is 1.97. The highest BCUT2D eigenvalue weighted by Gasteiger charge is 2.32. The summed E-state index contributed by atoms with van der Waals surface area (Å²) in [5.41, 5.74) is 8.42. The molecule has 2 aromatic carbocycles. The van der Waals surface area contributed by atoms with Gasteiger partial charge in [-0.25, -0.2) is 0 Å². The van der Waals surface area contributed by atoms with E-state index < -0.39 is 18.0 Å². The number of hydrogen-bond donors (Lipinski definition) is 2. The Labute approximate surface area is 211 Å². The summed E-state index contributed by atoms with van der Waals surface area (Å²) in [4.78, 5) is 31.6. The zero-order valence-corrected chi connectivity index (χ0v) is 19.8. The van der Waals surface area contributed by atoms with E-state index in [0.29, 0.717) is 43.2 Å². The topological polar surface area (TPSA) is 107 Å². The molecule has 1 aliphatic heterocycles. The molecule has 0 aliphatic carbocycles. The van der Waals surface area contributed by atoms with Crippen molar-refractivity contribution in [1.29, 1.82) is 0 Å². The molecule has 4 rings (SSSR count). The van der Waals surface area contributed by atoms with Gasteiger partial charge in [0.25, 0.3) is 0 Å². The van der Waals surface area contributed by atoms with Crippen LogP contribution in [0.1, 0.15) is 15.9 Å². The largest absolute Gasteiger partial charge is 0.573 e. The van der Waals surface area contributed by atoms with E-state index in [0.717, 1.165) is 11.6 Å². The Bertz CT molecular complexity index is 1240. The van der Waals surface area contributed by atoms with E-state index in [2.05, 4.69) is 15.0 Å². The third-order valence-electron chi connectivity index (χ3n) is 5.67. The Balaban J connectivity index is 1.48. The number of pyridine rings is 1. The first-order valence-corrected chi connectivity index (χ1v) is 11.5. The number of nitrogen functional groups attached to an aromatic ring is 1. The molecule has 3 N–H and O–H groups in total. The van der Waals surface area contributed by atoms with Crippen LogP contribution in [-0.4, -0.2) is 60.8 Å². The van der Waals surface area contributed by atoms with Crippen LogP contribution in [0.3, 0.4) is 0 Å². The number of anilines is 2. The van der Waals surface area contributed by atoms with E-state index in [1.807, 2.05) is 17.0 Å². The molecule has 2 heterocycles. The maximum Gasteiger partial charge on any atom is 0.573 e. The highest BCUT2D eigenvalue weighted by Crippen LogP contribution is 2.32. The second-order valence-electron chi connectivity index (χ2n) is 8.47. The lowest BCUT2D eigenvalue weighted by atomic mass is 10.0. The third kappa shape index (κ3) is 7.51. The first-order valence-electron chi connectivity index (χ1n) is 11.5. The summed E-state index contributed by atoms with van der Waals surface area (Å²) in [6.07, 6.45) is -3.43. The van der Waals surface area contributed by atoms with Gasteiger partial charge in [0, 0.05) is 42.5 Å². The molecule has 0 unspecified atom stereocenters. The number of rotatable bonds is 8. The van der Waals surface area contributed by atoms with Crippen LogP contribution in [0, 0.1) is 0 Å². The number of Topliss-reactive ketones (excluding diaryl/α,β-unsaturated/α-hetero) is 1. The maximum absolute atomic E-state index is 12.9. The third-order valence-corrected chi connectivity index (χ3v) is 5.67. The number of ketones is 1. The van der Waals surface area contributed by atoms with Crippen LogP contribution >= 0.6 is 0 Å². The van der Waals surface area contributed by atoms with E-state index in [1.165, 1.54) is 12.1 Å². The lowest BCUT2D eigenvalue weighted by molar-refractivity contribution is -0.274. The van der Waals surface area contributed by atoms with Crippen LogP contribution in [0.15, 0.2) is 60.8 Å². The fraction of sp³-hybridized carbons (Fsp3) is 0.269. The van der Waals surface area contributed by atoms with Crippen molar-refractivity contribution in [2.75, 3.05) is 43.9 Å². The molecule has 1 saturated heterocycles. The number of carbonyl (C=O) groups is 2. The molecule has 0 spiro atoms. The van der Waals surface area contributed by atoms with Crippen molar-refractivity contribution in [2.45, 2.75) is 12.8 Å². The summed E-state index contributed by atoms with van der Waals surface area (Å²) in [5, 5.41) is 2.45. The predicted octanol–water partition coefficient (Wildman–Crippen LogP) is 3.93. The van der Waals surface area contributed by atoms with Crippen molar-refractivity contribution < 1.29 is 32.2 Å². The van der Waals surface area contributed by atoms with Crippen LogP contribution in [0.5, 0.6) is 5.75 Å². The van der Waals surface area contributed by atoms with E-state index in [9.17, 15) is 22.8 Å². The molecule has 8 nitrogen and oxygen atoms in total. The minimum Gasteiger partial charge on any atom is -0.404 e. The number of nitrogens with zero attached hydrogens (tertiary/aromatic N) is 2. The van der Waals surface area contributed by atoms with Gasteiger partial charge < -0.3 is 20.5 Å². The van der Waals surface area contributed by atoms with Gasteiger partial charge in [0.05, 0.1) is 31.1 Å². The van der Waals surface area contributed by atoms with Crippen LogP contribution in [0.25, 0.3) is 11.3 Å². The molecule has 1 fully saturated rings. The standard InChI is InChI=1S/C26H25F3N4O4/c27-26(28,29)37-24-8-4-19(14-22(24)32-25(35)16-33-9-11-36-12-10-33)23(34)13-17-1-7-21(31-15-17)18-2-5-20(30)6-3-18/h1-8,14-15H,9-13,16,30H2,(H,32,35). The minimum absolute atomic E-state index is 0.0288. The number of nitrogens with two attached hydrogens (primary N) is 1. The number of halogens is 3. The Morgan fingerprint density at radius 3 is 2.43 bits per heavy atom. The summed E-state index contributed by atoms with van der Waals surface area (Å²) in [6, 6.07) is 14.2. The first-order chi connectivity index (χ1) is 17.7. The van der Waals surface area contributed by atoms with Gasteiger partial charge in [-0.15, -0.1) is 13.2 Å². The van der Waals surface area contributed by atoms with Gasteiger partial charge in [-0.2, -0.15) is 0 Å². The molecule has 0 atom stereocenters. The van der Waals surface area contributed by atoms with Gasteiger partial charge >= 0.3 is 6.36 Å². The Hall–Kier alpha value is -3.96. The quantitative estimate of drug-likeness (QED) is 0.347. The summed E-state index contributed by atoms with van der Waals surface area (Å²) in [7, 11) is 0. The highest BCUT2D eigenvalue weighted by molar-refractivity contribution is 6.00. The molecule has 1 amide bonds. The smallest absolute Gasteiger partial charge is 0.404 e. The molecule has 1 aromatic heterocycles. The molecule has 3 aromatic rings. The van der Waals surface area contributed by atoms with E-state index in [1.54, 1.807) is 30.5 Å². The second-order valence-corrected chi connectivity index (χ2v) is 8.47. The number of nitrogens with one attached hydrogen (secondary N) is 1. The first kappa shape index (κ1) is 26.1.